The van der Waals surface area contributed by atoms with E-state index >= 15 is 0 Å². The normalized spacial score (nSPS) is 13.8. The molecule has 0 aliphatic heterocycles. The average molecular weight is 944 g/mol. The van der Waals surface area contributed by atoms with Gasteiger partial charge in [0, 0.05) is 38.4 Å². The van der Waals surface area contributed by atoms with Crippen LogP contribution < -0.4 is 4.90 Å². The number of hydrogen-bond donors (Lipinski definition) is 0. The van der Waals surface area contributed by atoms with E-state index in [1.807, 2.05) is 0 Å². The van der Waals surface area contributed by atoms with Crippen molar-refractivity contribution in [1.29, 1.82) is 0 Å². The van der Waals surface area contributed by atoms with Crippen LogP contribution in [0.2, 0.25) is 0 Å². The zero-order valence-electron chi connectivity index (χ0n) is 41.2. The molecule has 0 bridgehead atoms. The van der Waals surface area contributed by atoms with Gasteiger partial charge >= 0.3 is 0 Å². The monoisotopic (exact) mass is 943 g/mol. The quantitative estimate of drug-likeness (QED) is 0.158. The maximum absolute atomic E-state index is 6.86. The van der Waals surface area contributed by atoms with E-state index in [1.54, 1.807) is 0 Å². The first-order chi connectivity index (χ1) is 36.5. The van der Waals surface area contributed by atoms with Crippen molar-refractivity contribution in [3.8, 4) is 44.5 Å². The van der Waals surface area contributed by atoms with Gasteiger partial charge in [0.1, 0.15) is 11.2 Å². The second-order valence-corrected chi connectivity index (χ2v) is 20.6. The predicted molar refractivity (Wildman–Crippen MR) is 309 cm³/mol. The molecular weight excluding hydrogens is 895 g/mol. The molecule has 0 fully saturated rings. The molecule has 0 amide bonds. The zero-order valence-corrected chi connectivity index (χ0v) is 41.2. The summed E-state index contributed by atoms with van der Waals surface area (Å²) in [5.41, 5.74) is 21.7. The molecule has 2 heteroatoms. The Labute approximate surface area is 431 Å². The molecule has 0 saturated heterocycles. The van der Waals surface area contributed by atoms with E-state index in [-0.39, 0.29) is 5.41 Å². The van der Waals surface area contributed by atoms with Crippen molar-refractivity contribution in [2.24, 2.45) is 0 Å². The topological polar surface area (TPSA) is 16.4 Å². The SMILES string of the molecule is CC1(C)c2cccc(-c3ccccc3N(c3ccc4c(c3)C(c3ccccc3)(c3ccccc3)c3ccccc3-4)c3ccccc3-c3cccc4oc5c6ccccc6ccc5c34)c2-c2ccc3ccccc3c21. The first-order valence-corrected chi connectivity index (χ1v) is 25.8. The molecule has 0 saturated carbocycles. The maximum Gasteiger partial charge on any atom is 0.143 e. The lowest BCUT2D eigenvalue weighted by Gasteiger charge is -2.35. The lowest BCUT2D eigenvalue weighted by atomic mass is 9.67. The summed E-state index contributed by atoms with van der Waals surface area (Å²) in [5.74, 6) is 0. The van der Waals surface area contributed by atoms with Gasteiger partial charge in [-0.25, -0.2) is 0 Å². The van der Waals surface area contributed by atoms with Crippen LogP contribution in [0, 0.1) is 0 Å². The van der Waals surface area contributed by atoms with Crippen LogP contribution in [-0.2, 0) is 10.8 Å². The van der Waals surface area contributed by atoms with Crippen molar-refractivity contribution in [2.45, 2.75) is 24.7 Å². The van der Waals surface area contributed by atoms with Gasteiger partial charge < -0.3 is 9.32 Å². The molecule has 0 N–H and O–H groups in total. The molecule has 1 heterocycles. The second kappa shape index (κ2) is 16.1. The molecule has 12 aromatic carbocycles. The van der Waals surface area contributed by atoms with Gasteiger partial charge in [0.25, 0.3) is 0 Å². The Balaban J connectivity index is 1.03. The van der Waals surface area contributed by atoms with Gasteiger partial charge in [-0.1, -0.05) is 238 Å². The van der Waals surface area contributed by atoms with Crippen molar-refractivity contribution >= 4 is 60.5 Å². The van der Waals surface area contributed by atoms with E-state index in [1.165, 1.54) is 72.0 Å². The third-order valence-corrected chi connectivity index (χ3v) is 16.5. The first-order valence-electron chi connectivity index (χ1n) is 25.8. The molecule has 0 spiro atoms. The summed E-state index contributed by atoms with van der Waals surface area (Å²) in [4.78, 5) is 2.55. The summed E-state index contributed by atoms with van der Waals surface area (Å²) in [6.45, 7) is 4.80. The number of rotatable bonds is 7. The highest BCUT2D eigenvalue weighted by Crippen LogP contribution is 2.59. The largest absolute Gasteiger partial charge is 0.455 e. The van der Waals surface area contributed by atoms with E-state index in [2.05, 4.69) is 280 Å². The molecule has 15 rings (SSSR count). The number of benzene rings is 12. The van der Waals surface area contributed by atoms with Crippen LogP contribution >= 0.6 is 0 Å². The summed E-state index contributed by atoms with van der Waals surface area (Å²) in [7, 11) is 0. The molecule has 1 aromatic heterocycles. The lowest BCUT2D eigenvalue weighted by Crippen LogP contribution is -2.28. The van der Waals surface area contributed by atoms with Crippen LogP contribution in [0.25, 0.3) is 88.0 Å². The van der Waals surface area contributed by atoms with Crippen molar-refractivity contribution in [1.82, 2.24) is 0 Å². The molecule has 2 aliphatic rings. The maximum atomic E-state index is 6.86. The van der Waals surface area contributed by atoms with Crippen molar-refractivity contribution in [3.05, 3.63) is 294 Å². The molecule has 2 nitrogen and oxygen atoms in total. The highest BCUT2D eigenvalue weighted by molar-refractivity contribution is 6.20. The molecular formula is C72H49NO. The Morgan fingerprint density at radius 3 is 1.62 bits per heavy atom. The van der Waals surface area contributed by atoms with Gasteiger partial charge in [-0.3, -0.25) is 0 Å². The Morgan fingerprint density at radius 2 is 0.878 bits per heavy atom. The van der Waals surface area contributed by atoms with Crippen molar-refractivity contribution in [3.63, 3.8) is 0 Å². The van der Waals surface area contributed by atoms with Crippen LogP contribution in [0.15, 0.2) is 265 Å². The zero-order chi connectivity index (χ0) is 49.1. The standard InChI is InChI=1S/C72H49NO/c1-71(2)62-35-19-32-57(67(62)59-42-39-46-21-9-11-27-51(46)69(59)71)55-30-14-17-36-64(55)73(65-37-18-15-31-56(65)58-33-20-38-66-68(58)60-43-40-47-22-10-12-28-52(47)70(60)74-66)50-41-44-54-53-29-13-16-34-61(53)72(63(54)45-50,48-23-5-3-6-24-48)49-25-7-4-8-26-49/h3-45H,1-2H3. The molecule has 74 heavy (non-hydrogen) atoms. The number of anilines is 3. The number of para-hydroxylation sites is 2. The van der Waals surface area contributed by atoms with Crippen LogP contribution in [0.5, 0.6) is 0 Å². The van der Waals surface area contributed by atoms with Gasteiger partial charge in [-0.2, -0.15) is 0 Å². The Morgan fingerprint density at radius 1 is 0.351 bits per heavy atom. The summed E-state index contributed by atoms with van der Waals surface area (Å²) in [6.07, 6.45) is 0. The Bertz CT molecular complexity index is 4370. The van der Waals surface area contributed by atoms with Gasteiger partial charge in [-0.15, -0.1) is 0 Å². The third kappa shape index (κ3) is 5.94. The number of furan rings is 1. The Hall–Kier alpha value is -9.24. The molecule has 0 unspecified atom stereocenters. The third-order valence-electron chi connectivity index (χ3n) is 16.5. The van der Waals surface area contributed by atoms with Crippen molar-refractivity contribution < 1.29 is 4.42 Å². The Kier molecular flexibility index (Phi) is 9.25. The van der Waals surface area contributed by atoms with E-state index in [0.717, 1.165) is 66.5 Å². The highest BCUT2D eigenvalue weighted by atomic mass is 16.3. The summed E-state index contributed by atoms with van der Waals surface area (Å²) < 4.78 is 6.86. The number of hydrogen-bond acceptors (Lipinski definition) is 2. The fraction of sp³-hybridized carbons (Fsp3) is 0.0556. The smallest absolute Gasteiger partial charge is 0.143 e. The molecule has 0 radical (unpaired) electrons. The minimum Gasteiger partial charge on any atom is -0.455 e. The highest BCUT2D eigenvalue weighted by Gasteiger charge is 2.46. The summed E-state index contributed by atoms with van der Waals surface area (Å²) in [6, 6.07) is 96.7. The number of nitrogens with zero attached hydrogens (tertiary/aromatic N) is 1. The van der Waals surface area contributed by atoms with Crippen LogP contribution in [0.3, 0.4) is 0 Å². The van der Waals surface area contributed by atoms with Crippen LogP contribution in [-0.4, -0.2) is 0 Å². The van der Waals surface area contributed by atoms with Gasteiger partial charge in [0.2, 0.25) is 0 Å². The van der Waals surface area contributed by atoms with E-state index in [4.69, 9.17) is 4.42 Å². The first kappa shape index (κ1) is 42.4. The summed E-state index contributed by atoms with van der Waals surface area (Å²) >= 11 is 0. The van der Waals surface area contributed by atoms with Gasteiger partial charge in [0.15, 0.2) is 0 Å². The minimum atomic E-state index is -0.586. The van der Waals surface area contributed by atoms with Crippen molar-refractivity contribution in [2.75, 3.05) is 4.90 Å². The van der Waals surface area contributed by atoms with Gasteiger partial charge in [-0.05, 0) is 119 Å². The second-order valence-electron chi connectivity index (χ2n) is 20.6. The minimum absolute atomic E-state index is 0.215. The molecule has 13 aromatic rings. The average Bonchev–Trinajstić information content (AvgIpc) is 4.16. The van der Waals surface area contributed by atoms with Gasteiger partial charge in [0.05, 0.1) is 16.8 Å². The van der Waals surface area contributed by atoms with Crippen LogP contribution in [0.4, 0.5) is 17.1 Å². The molecule has 0 atom stereocenters. The van der Waals surface area contributed by atoms with E-state index < -0.39 is 5.41 Å². The molecule has 348 valence electrons. The summed E-state index contributed by atoms with van der Waals surface area (Å²) in [5, 5.41) is 7.08. The molecule has 2 aliphatic carbocycles. The fourth-order valence-corrected chi connectivity index (χ4v) is 13.4. The number of fused-ring (bicyclic) bond motifs is 13. The predicted octanol–water partition coefficient (Wildman–Crippen LogP) is 19.4. The lowest BCUT2D eigenvalue weighted by molar-refractivity contribution is 0.666. The van der Waals surface area contributed by atoms with E-state index in [0.29, 0.717) is 0 Å². The van der Waals surface area contributed by atoms with Crippen LogP contribution in [0.1, 0.15) is 47.2 Å². The van der Waals surface area contributed by atoms with E-state index in [9.17, 15) is 0 Å². The fourth-order valence-electron chi connectivity index (χ4n) is 13.4.